The Kier molecular flexibility index (Phi) is 4.11. The molecule has 0 aliphatic carbocycles. The van der Waals surface area contributed by atoms with E-state index in [-0.39, 0.29) is 5.56 Å². The van der Waals surface area contributed by atoms with Crippen LogP contribution >= 0.6 is 0 Å². The number of halogens is 1. The van der Waals surface area contributed by atoms with Crippen molar-refractivity contribution in [3.63, 3.8) is 0 Å². The third-order valence-electron chi connectivity index (χ3n) is 3.31. The van der Waals surface area contributed by atoms with Crippen molar-refractivity contribution >= 4 is 21.7 Å². The fraction of sp³-hybridized carbons (Fsp3) is 0.125. The Morgan fingerprint density at radius 1 is 1.14 bits per heavy atom. The van der Waals surface area contributed by atoms with E-state index in [1.54, 1.807) is 12.1 Å². The highest BCUT2D eigenvalue weighted by Gasteiger charge is 2.07. The Labute approximate surface area is 128 Å². The molecule has 22 heavy (non-hydrogen) atoms. The van der Waals surface area contributed by atoms with E-state index in [0.717, 1.165) is 4.90 Å². The zero-order valence-corrected chi connectivity index (χ0v) is 12.4. The monoisotopic (exact) mass is 316 g/mol. The second-order valence-corrected chi connectivity index (χ2v) is 6.34. The molecular formula is C16H13FN2O2S. The molecule has 0 amide bonds. The molecule has 0 spiro atoms. The van der Waals surface area contributed by atoms with Gasteiger partial charge in [-0.05, 0) is 24.3 Å². The van der Waals surface area contributed by atoms with Crippen LogP contribution in [0.15, 0.2) is 64.5 Å². The van der Waals surface area contributed by atoms with Crippen molar-refractivity contribution < 1.29 is 8.60 Å². The van der Waals surface area contributed by atoms with Crippen molar-refractivity contribution in [2.24, 2.45) is 0 Å². The van der Waals surface area contributed by atoms with Gasteiger partial charge in [0, 0.05) is 23.3 Å². The lowest BCUT2D eigenvalue weighted by atomic mass is 10.2. The highest BCUT2D eigenvalue weighted by Crippen LogP contribution is 2.09. The normalized spacial score (nSPS) is 12.4. The van der Waals surface area contributed by atoms with Gasteiger partial charge in [-0.3, -0.25) is 13.6 Å². The molecule has 1 atom stereocenters. The van der Waals surface area contributed by atoms with Crippen LogP contribution in [0.3, 0.4) is 0 Å². The third-order valence-corrected chi connectivity index (χ3v) is 4.66. The number of benzene rings is 2. The second-order valence-electron chi connectivity index (χ2n) is 4.77. The second kappa shape index (κ2) is 6.19. The summed E-state index contributed by atoms with van der Waals surface area (Å²) in [4.78, 5) is 17.1. The van der Waals surface area contributed by atoms with Crippen LogP contribution in [0.4, 0.5) is 4.39 Å². The Balaban J connectivity index is 1.83. The van der Waals surface area contributed by atoms with Gasteiger partial charge in [0.15, 0.2) is 0 Å². The van der Waals surface area contributed by atoms with Crippen LogP contribution in [0.5, 0.6) is 0 Å². The maximum Gasteiger partial charge on any atom is 0.261 e. The van der Waals surface area contributed by atoms with Gasteiger partial charge >= 0.3 is 0 Å². The predicted octanol–water partition coefficient (Wildman–Crippen LogP) is 2.34. The molecule has 2 aromatic carbocycles. The molecule has 112 valence electrons. The summed E-state index contributed by atoms with van der Waals surface area (Å²) in [6.45, 7) is 0.292. The van der Waals surface area contributed by atoms with Crippen molar-refractivity contribution in [1.29, 1.82) is 0 Å². The first-order chi connectivity index (χ1) is 10.6. The Morgan fingerprint density at radius 3 is 2.68 bits per heavy atom. The van der Waals surface area contributed by atoms with Crippen molar-refractivity contribution in [3.05, 3.63) is 71.0 Å². The van der Waals surface area contributed by atoms with Crippen molar-refractivity contribution in [2.75, 3.05) is 5.75 Å². The van der Waals surface area contributed by atoms with Gasteiger partial charge in [0.05, 0.1) is 28.0 Å². The summed E-state index contributed by atoms with van der Waals surface area (Å²) in [5.41, 5.74) is 0.0699. The summed E-state index contributed by atoms with van der Waals surface area (Å²) in [6, 6.07) is 13.0. The molecule has 1 aromatic heterocycles. The molecule has 0 radical (unpaired) electrons. The quantitative estimate of drug-likeness (QED) is 0.742. The molecule has 0 aliphatic heterocycles. The molecule has 0 N–H and O–H groups in total. The van der Waals surface area contributed by atoms with Crippen LogP contribution in [0, 0.1) is 5.82 Å². The third kappa shape index (κ3) is 2.96. The number of hydrogen-bond acceptors (Lipinski definition) is 3. The van der Waals surface area contributed by atoms with Crippen molar-refractivity contribution in [1.82, 2.24) is 9.55 Å². The van der Waals surface area contributed by atoms with E-state index < -0.39 is 16.6 Å². The largest absolute Gasteiger partial charge is 0.298 e. The van der Waals surface area contributed by atoms with Crippen LogP contribution < -0.4 is 5.56 Å². The van der Waals surface area contributed by atoms with Crippen molar-refractivity contribution in [2.45, 2.75) is 11.4 Å². The first-order valence-electron chi connectivity index (χ1n) is 6.73. The summed E-state index contributed by atoms with van der Waals surface area (Å²) in [5, 5.41) is 0.356. The standard InChI is InChI=1S/C16H13FN2O2S/c17-12-6-7-14-15(10-12)18-11-19(16(14)20)8-9-22(21)13-4-2-1-3-5-13/h1-7,10-11H,8-9H2/t22-/m0/s1. The minimum absolute atomic E-state index is 0.255. The van der Waals surface area contributed by atoms with Crippen molar-refractivity contribution in [3.8, 4) is 0 Å². The molecule has 0 saturated carbocycles. The lowest BCUT2D eigenvalue weighted by Gasteiger charge is -2.07. The van der Waals surface area contributed by atoms with Crippen LogP contribution in [-0.2, 0) is 17.3 Å². The first-order valence-corrected chi connectivity index (χ1v) is 8.05. The fourth-order valence-corrected chi connectivity index (χ4v) is 3.22. The molecule has 4 nitrogen and oxygen atoms in total. The SMILES string of the molecule is O=c1c2ccc(F)cc2ncn1CC[S@](=O)c1ccccc1. The minimum atomic E-state index is -1.18. The van der Waals surface area contributed by atoms with Gasteiger partial charge in [-0.25, -0.2) is 9.37 Å². The van der Waals surface area contributed by atoms with Gasteiger partial charge in [-0.1, -0.05) is 18.2 Å². The van der Waals surface area contributed by atoms with Crippen LogP contribution in [0.25, 0.3) is 10.9 Å². The first kappa shape index (κ1) is 14.6. The predicted molar refractivity (Wildman–Crippen MR) is 83.7 cm³/mol. The minimum Gasteiger partial charge on any atom is -0.298 e. The van der Waals surface area contributed by atoms with Crippen LogP contribution in [0.2, 0.25) is 0 Å². The van der Waals surface area contributed by atoms with Crippen LogP contribution in [-0.4, -0.2) is 19.5 Å². The van der Waals surface area contributed by atoms with E-state index in [4.69, 9.17) is 0 Å². The Hall–Kier alpha value is -2.34. The highest BCUT2D eigenvalue weighted by atomic mass is 32.2. The molecule has 3 aromatic rings. The number of fused-ring (bicyclic) bond motifs is 1. The van der Waals surface area contributed by atoms with E-state index in [1.165, 1.54) is 29.1 Å². The van der Waals surface area contributed by atoms with Gasteiger partial charge in [0.1, 0.15) is 5.82 Å². The summed E-state index contributed by atoms with van der Waals surface area (Å²) in [7, 11) is -1.18. The average molecular weight is 316 g/mol. The maximum atomic E-state index is 13.1. The van der Waals surface area contributed by atoms with Crippen LogP contribution in [0.1, 0.15) is 0 Å². The summed E-state index contributed by atoms with van der Waals surface area (Å²) in [6.07, 6.45) is 1.37. The van der Waals surface area contributed by atoms with Gasteiger partial charge < -0.3 is 0 Å². The van der Waals surface area contributed by atoms with Gasteiger partial charge in [-0.15, -0.1) is 0 Å². The van der Waals surface area contributed by atoms with E-state index in [2.05, 4.69) is 4.98 Å². The average Bonchev–Trinajstić information content (AvgIpc) is 2.54. The zero-order chi connectivity index (χ0) is 15.5. The molecule has 0 aliphatic rings. The van der Waals surface area contributed by atoms with Gasteiger partial charge in [-0.2, -0.15) is 0 Å². The lowest BCUT2D eigenvalue weighted by molar-refractivity contribution is 0.628. The number of aryl methyl sites for hydroxylation is 1. The van der Waals surface area contributed by atoms with E-state index in [1.807, 2.05) is 18.2 Å². The van der Waals surface area contributed by atoms with Gasteiger partial charge in [0.2, 0.25) is 0 Å². The molecule has 0 saturated heterocycles. The summed E-state index contributed by atoms with van der Waals surface area (Å²) >= 11 is 0. The topological polar surface area (TPSA) is 52.0 Å². The van der Waals surface area contributed by atoms with E-state index >= 15 is 0 Å². The maximum absolute atomic E-state index is 13.1. The smallest absolute Gasteiger partial charge is 0.261 e. The Morgan fingerprint density at radius 2 is 1.91 bits per heavy atom. The number of aromatic nitrogens is 2. The molecule has 0 unspecified atom stereocenters. The molecule has 6 heteroatoms. The molecule has 0 fully saturated rings. The zero-order valence-electron chi connectivity index (χ0n) is 11.6. The van der Waals surface area contributed by atoms with Gasteiger partial charge in [0.25, 0.3) is 5.56 Å². The highest BCUT2D eigenvalue weighted by molar-refractivity contribution is 7.85. The molecule has 0 bridgehead atoms. The summed E-state index contributed by atoms with van der Waals surface area (Å²) in [5.74, 6) is -0.111. The molecule has 3 rings (SSSR count). The summed E-state index contributed by atoms with van der Waals surface area (Å²) < 4.78 is 26.7. The molecule has 1 heterocycles. The number of hydrogen-bond donors (Lipinski definition) is 0. The fourth-order valence-electron chi connectivity index (χ4n) is 2.16. The number of rotatable bonds is 4. The van der Waals surface area contributed by atoms with E-state index in [9.17, 15) is 13.4 Å². The number of nitrogens with zero attached hydrogens (tertiary/aromatic N) is 2. The lowest BCUT2D eigenvalue weighted by Crippen LogP contribution is -2.23. The Bertz CT molecular complexity index is 894. The molecular weight excluding hydrogens is 303 g/mol. The van der Waals surface area contributed by atoms with E-state index in [0.29, 0.717) is 23.2 Å².